The molecular weight excluding hydrogens is 350 g/mol. The highest BCUT2D eigenvalue weighted by Crippen LogP contribution is 2.34. The van der Waals surface area contributed by atoms with Crippen molar-refractivity contribution in [3.63, 3.8) is 0 Å². The molecule has 0 aliphatic carbocycles. The van der Waals surface area contributed by atoms with Gasteiger partial charge in [-0.3, -0.25) is 0 Å². The van der Waals surface area contributed by atoms with Crippen LogP contribution in [0.1, 0.15) is 19.3 Å². The van der Waals surface area contributed by atoms with Crippen LogP contribution in [0, 0.1) is 0 Å². The maximum Gasteiger partial charge on any atom is 0.244 e. The minimum Gasteiger partial charge on any atom is -0.349 e. The van der Waals surface area contributed by atoms with Crippen molar-refractivity contribution in [3.05, 3.63) is 54.6 Å². The van der Waals surface area contributed by atoms with Gasteiger partial charge in [-0.2, -0.15) is 4.31 Å². The summed E-state index contributed by atoms with van der Waals surface area (Å²) in [5.74, 6) is 0. The third-order valence-corrected chi connectivity index (χ3v) is 7.00. The van der Waals surface area contributed by atoms with E-state index in [0.29, 0.717) is 24.7 Å². The van der Waals surface area contributed by atoms with Crippen LogP contribution in [0.3, 0.4) is 0 Å². The van der Waals surface area contributed by atoms with Crippen molar-refractivity contribution in [1.29, 1.82) is 0 Å². The largest absolute Gasteiger partial charge is 0.349 e. The predicted octanol–water partition coefficient (Wildman–Crippen LogP) is 3.27. The van der Waals surface area contributed by atoms with E-state index < -0.39 is 16.3 Å². The number of rotatable bonds is 4. The topological polar surface area (TPSA) is 55.8 Å². The highest BCUT2D eigenvalue weighted by atomic mass is 32.2. The van der Waals surface area contributed by atoms with Crippen molar-refractivity contribution in [2.24, 2.45) is 0 Å². The molecule has 0 N–H and O–H groups in total. The number of hydrogen-bond donors (Lipinski definition) is 0. The zero-order valence-corrected chi connectivity index (χ0v) is 15.4. The van der Waals surface area contributed by atoms with Gasteiger partial charge in [0, 0.05) is 12.1 Å². The molecule has 2 aromatic rings. The van der Waals surface area contributed by atoms with E-state index in [0.717, 1.165) is 30.4 Å². The second-order valence-corrected chi connectivity index (χ2v) is 8.51. The predicted molar refractivity (Wildman–Crippen MR) is 99.1 cm³/mol. The van der Waals surface area contributed by atoms with E-state index in [4.69, 9.17) is 9.47 Å². The van der Waals surface area contributed by atoms with Crippen LogP contribution in [0.25, 0.3) is 11.1 Å². The normalized spacial score (nSPS) is 22.5. The molecule has 2 aromatic carbocycles. The van der Waals surface area contributed by atoms with E-state index in [1.807, 2.05) is 42.5 Å². The smallest absolute Gasteiger partial charge is 0.244 e. The standard InChI is InChI=1S/C20H23NO4S/c22-26(23,21-13-7-6-11-18(21)20-24-14-15-25-20)19-12-5-4-10-17(19)16-8-2-1-3-9-16/h1-5,8-10,12,18,20H,6-7,11,13-15H2. The van der Waals surface area contributed by atoms with Gasteiger partial charge in [0.15, 0.2) is 6.29 Å². The first-order valence-corrected chi connectivity index (χ1v) is 10.5. The molecule has 2 fully saturated rings. The molecule has 0 bridgehead atoms. The van der Waals surface area contributed by atoms with Gasteiger partial charge in [-0.05, 0) is 24.5 Å². The molecule has 1 atom stereocenters. The number of ether oxygens (including phenoxy) is 2. The molecule has 2 aliphatic rings. The fourth-order valence-corrected chi connectivity index (χ4v) is 5.67. The van der Waals surface area contributed by atoms with Crippen molar-refractivity contribution >= 4 is 10.0 Å². The van der Waals surface area contributed by atoms with E-state index in [1.54, 1.807) is 16.4 Å². The second-order valence-electron chi connectivity index (χ2n) is 6.65. The fraction of sp³-hybridized carbons (Fsp3) is 0.400. The van der Waals surface area contributed by atoms with Crippen molar-refractivity contribution in [1.82, 2.24) is 4.31 Å². The molecule has 5 nitrogen and oxygen atoms in total. The summed E-state index contributed by atoms with van der Waals surface area (Å²) in [6, 6.07) is 16.6. The summed E-state index contributed by atoms with van der Waals surface area (Å²) in [4.78, 5) is 0.344. The van der Waals surface area contributed by atoms with E-state index in [9.17, 15) is 8.42 Å². The summed E-state index contributed by atoms with van der Waals surface area (Å²) in [7, 11) is -3.65. The fourth-order valence-electron chi connectivity index (χ4n) is 3.77. The van der Waals surface area contributed by atoms with Gasteiger partial charge >= 0.3 is 0 Å². The number of benzene rings is 2. The van der Waals surface area contributed by atoms with Crippen LogP contribution in [0.4, 0.5) is 0 Å². The molecule has 1 unspecified atom stereocenters. The number of sulfonamides is 1. The lowest BCUT2D eigenvalue weighted by atomic mass is 10.0. The maximum absolute atomic E-state index is 13.6. The lowest BCUT2D eigenvalue weighted by molar-refractivity contribution is -0.0913. The first-order valence-electron chi connectivity index (χ1n) is 9.07. The monoisotopic (exact) mass is 373 g/mol. The Kier molecular flexibility index (Phi) is 5.09. The average Bonchev–Trinajstić information content (AvgIpc) is 3.23. The van der Waals surface area contributed by atoms with Crippen molar-refractivity contribution in [3.8, 4) is 11.1 Å². The Labute approximate surface area is 154 Å². The molecule has 26 heavy (non-hydrogen) atoms. The van der Waals surface area contributed by atoms with Crippen LogP contribution in [0.2, 0.25) is 0 Å². The summed E-state index contributed by atoms with van der Waals surface area (Å²) in [5.41, 5.74) is 1.62. The molecule has 2 aliphatic heterocycles. The van der Waals surface area contributed by atoms with Gasteiger partial charge in [0.2, 0.25) is 10.0 Å². The summed E-state index contributed by atoms with van der Waals surface area (Å²) in [6.45, 7) is 1.55. The Morgan fingerprint density at radius 1 is 0.885 bits per heavy atom. The first kappa shape index (κ1) is 17.7. The SMILES string of the molecule is O=S(=O)(c1ccccc1-c1ccccc1)N1CCCCC1C1OCCO1. The van der Waals surface area contributed by atoms with Crippen molar-refractivity contribution in [2.45, 2.75) is 36.5 Å². The van der Waals surface area contributed by atoms with Crippen LogP contribution in [-0.2, 0) is 19.5 Å². The number of piperidine rings is 1. The van der Waals surface area contributed by atoms with Gasteiger partial charge < -0.3 is 9.47 Å². The maximum atomic E-state index is 13.6. The second kappa shape index (κ2) is 7.48. The molecular formula is C20H23NO4S. The quantitative estimate of drug-likeness (QED) is 0.825. The molecule has 0 spiro atoms. The van der Waals surface area contributed by atoms with E-state index in [1.165, 1.54) is 0 Å². The third kappa shape index (κ3) is 3.30. The van der Waals surface area contributed by atoms with Gasteiger partial charge in [-0.1, -0.05) is 55.0 Å². The molecule has 0 saturated carbocycles. The molecule has 0 aromatic heterocycles. The lowest BCUT2D eigenvalue weighted by Gasteiger charge is -2.37. The Hall–Kier alpha value is -1.73. The highest BCUT2D eigenvalue weighted by molar-refractivity contribution is 7.89. The molecule has 6 heteroatoms. The average molecular weight is 373 g/mol. The lowest BCUT2D eigenvalue weighted by Crippen LogP contribution is -2.50. The van der Waals surface area contributed by atoms with Crippen LogP contribution < -0.4 is 0 Å². The van der Waals surface area contributed by atoms with E-state index in [2.05, 4.69) is 0 Å². The number of nitrogens with zero attached hydrogens (tertiary/aromatic N) is 1. The van der Waals surface area contributed by atoms with Crippen molar-refractivity contribution < 1.29 is 17.9 Å². The Morgan fingerprint density at radius 3 is 2.35 bits per heavy atom. The minimum absolute atomic E-state index is 0.264. The van der Waals surface area contributed by atoms with Gasteiger partial charge in [0.25, 0.3) is 0 Å². The van der Waals surface area contributed by atoms with Crippen LogP contribution in [0.15, 0.2) is 59.5 Å². The zero-order chi connectivity index (χ0) is 18.0. The van der Waals surface area contributed by atoms with E-state index >= 15 is 0 Å². The van der Waals surface area contributed by atoms with E-state index in [-0.39, 0.29) is 6.04 Å². The first-order chi connectivity index (χ1) is 12.7. The molecule has 2 heterocycles. The Bertz CT molecular complexity index is 847. The van der Waals surface area contributed by atoms with Crippen LogP contribution in [0.5, 0.6) is 0 Å². The summed E-state index contributed by atoms with van der Waals surface area (Å²) in [5, 5.41) is 0. The third-order valence-electron chi connectivity index (χ3n) is 5.02. The van der Waals surface area contributed by atoms with Crippen LogP contribution in [-0.4, -0.2) is 44.8 Å². The highest BCUT2D eigenvalue weighted by Gasteiger charge is 2.41. The minimum atomic E-state index is -3.65. The summed E-state index contributed by atoms with van der Waals surface area (Å²) < 4.78 is 40.0. The van der Waals surface area contributed by atoms with Crippen molar-refractivity contribution in [2.75, 3.05) is 19.8 Å². The number of hydrogen-bond acceptors (Lipinski definition) is 4. The van der Waals surface area contributed by atoms with Gasteiger partial charge in [-0.25, -0.2) is 8.42 Å². The van der Waals surface area contributed by atoms with Crippen LogP contribution >= 0.6 is 0 Å². The van der Waals surface area contributed by atoms with Gasteiger partial charge in [-0.15, -0.1) is 0 Å². The van der Waals surface area contributed by atoms with Gasteiger partial charge in [0.1, 0.15) is 0 Å². The van der Waals surface area contributed by atoms with Gasteiger partial charge in [0.05, 0.1) is 24.2 Å². The molecule has 138 valence electrons. The molecule has 2 saturated heterocycles. The zero-order valence-electron chi connectivity index (χ0n) is 14.6. The Balaban J connectivity index is 1.74. The molecule has 0 radical (unpaired) electrons. The molecule has 4 rings (SSSR count). The Morgan fingerprint density at radius 2 is 1.58 bits per heavy atom. The molecule has 0 amide bonds. The summed E-state index contributed by atoms with van der Waals surface area (Å²) >= 11 is 0. The summed E-state index contributed by atoms with van der Waals surface area (Å²) in [6.07, 6.45) is 2.14.